The van der Waals surface area contributed by atoms with Gasteiger partial charge in [-0.3, -0.25) is 4.79 Å². The average Bonchev–Trinajstić information content (AvgIpc) is 3.00. The molecule has 108 valence electrons. The van der Waals surface area contributed by atoms with Gasteiger partial charge in [0.15, 0.2) is 0 Å². The standard InChI is InChI=1S/C17H17NO2S/c1-12-7-8-14(5-3-9-19)15(11-12)17(20)18-13(2)16-6-4-10-21-16/h4,6-8,10-11,13,19H,9H2,1-2H3,(H,18,20). The minimum Gasteiger partial charge on any atom is -0.384 e. The zero-order chi connectivity index (χ0) is 15.2. The molecular formula is C17H17NO2S. The molecule has 0 fully saturated rings. The Balaban J connectivity index is 2.24. The largest absolute Gasteiger partial charge is 0.384 e. The molecule has 3 nitrogen and oxygen atoms in total. The van der Waals surface area contributed by atoms with Gasteiger partial charge in [-0.15, -0.1) is 11.3 Å². The van der Waals surface area contributed by atoms with E-state index >= 15 is 0 Å². The minimum absolute atomic E-state index is 0.0448. The molecule has 4 heteroatoms. The van der Waals surface area contributed by atoms with Crippen LogP contribution in [0.2, 0.25) is 0 Å². The van der Waals surface area contributed by atoms with Gasteiger partial charge in [-0.1, -0.05) is 29.5 Å². The molecule has 1 amide bonds. The first-order valence-corrected chi connectivity index (χ1v) is 7.54. The number of aliphatic hydroxyl groups is 1. The molecule has 1 aromatic heterocycles. The predicted molar refractivity (Wildman–Crippen MR) is 85.3 cm³/mol. The molecule has 1 unspecified atom stereocenters. The third kappa shape index (κ3) is 3.94. The molecule has 0 aliphatic heterocycles. The van der Waals surface area contributed by atoms with Crippen LogP contribution >= 0.6 is 11.3 Å². The summed E-state index contributed by atoms with van der Waals surface area (Å²) in [6, 6.07) is 9.45. The quantitative estimate of drug-likeness (QED) is 0.856. The number of amides is 1. The number of benzene rings is 1. The van der Waals surface area contributed by atoms with Gasteiger partial charge in [0, 0.05) is 10.4 Å². The molecular weight excluding hydrogens is 282 g/mol. The topological polar surface area (TPSA) is 49.3 Å². The zero-order valence-electron chi connectivity index (χ0n) is 12.0. The van der Waals surface area contributed by atoms with Crippen molar-refractivity contribution in [1.82, 2.24) is 5.32 Å². The van der Waals surface area contributed by atoms with Crippen molar-refractivity contribution in [3.63, 3.8) is 0 Å². The van der Waals surface area contributed by atoms with Gasteiger partial charge in [-0.05, 0) is 37.4 Å². The Morgan fingerprint density at radius 2 is 2.24 bits per heavy atom. The van der Waals surface area contributed by atoms with E-state index in [1.54, 1.807) is 11.3 Å². The van der Waals surface area contributed by atoms with Crippen LogP contribution in [0.15, 0.2) is 35.7 Å². The Bertz CT molecular complexity index is 681. The Morgan fingerprint density at radius 3 is 2.90 bits per heavy atom. The van der Waals surface area contributed by atoms with E-state index in [2.05, 4.69) is 17.2 Å². The summed E-state index contributed by atoms with van der Waals surface area (Å²) >= 11 is 1.61. The maximum absolute atomic E-state index is 12.4. The average molecular weight is 299 g/mol. The fraction of sp³-hybridized carbons (Fsp3) is 0.235. The molecule has 0 radical (unpaired) electrons. The van der Waals surface area contributed by atoms with E-state index in [1.165, 1.54) is 0 Å². The summed E-state index contributed by atoms with van der Waals surface area (Å²) in [5.41, 5.74) is 2.17. The lowest BCUT2D eigenvalue weighted by atomic mass is 10.0. The van der Waals surface area contributed by atoms with E-state index in [1.807, 2.05) is 49.6 Å². The lowest BCUT2D eigenvalue weighted by Gasteiger charge is -2.13. The lowest BCUT2D eigenvalue weighted by Crippen LogP contribution is -2.26. The zero-order valence-corrected chi connectivity index (χ0v) is 12.8. The van der Waals surface area contributed by atoms with Gasteiger partial charge in [0.2, 0.25) is 0 Å². The highest BCUT2D eigenvalue weighted by atomic mass is 32.1. The predicted octanol–water partition coefficient (Wildman–Crippen LogP) is 2.89. The Labute approximate surface area is 128 Å². The number of hydrogen-bond acceptors (Lipinski definition) is 3. The van der Waals surface area contributed by atoms with Crippen LogP contribution in [0.25, 0.3) is 0 Å². The SMILES string of the molecule is Cc1ccc(C#CCO)c(C(=O)NC(C)c2cccs2)c1. The summed E-state index contributed by atoms with van der Waals surface area (Å²) in [6.07, 6.45) is 0. The summed E-state index contributed by atoms with van der Waals surface area (Å²) in [5.74, 6) is 5.26. The van der Waals surface area contributed by atoms with Crippen molar-refractivity contribution in [2.45, 2.75) is 19.9 Å². The van der Waals surface area contributed by atoms with Crippen molar-refractivity contribution >= 4 is 17.2 Å². The maximum Gasteiger partial charge on any atom is 0.253 e. The van der Waals surface area contributed by atoms with Gasteiger partial charge in [-0.25, -0.2) is 0 Å². The minimum atomic E-state index is -0.222. The fourth-order valence-electron chi connectivity index (χ4n) is 1.97. The van der Waals surface area contributed by atoms with Crippen LogP contribution < -0.4 is 5.32 Å². The summed E-state index contributed by atoms with van der Waals surface area (Å²) in [4.78, 5) is 13.6. The van der Waals surface area contributed by atoms with Crippen LogP contribution in [0.1, 0.15) is 39.3 Å². The van der Waals surface area contributed by atoms with Gasteiger partial charge in [-0.2, -0.15) is 0 Å². The number of aryl methyl sites for hydroxylation is 1. The summed E-state index contributed by atoms with van der Waals surface area (Å²) in [5, 5.41) is 13.8. The van der Waals surface area contributed by atoms with Gasteiger partial charge in [0.25, 0.3) is 5.91 Å². The molecule has 0 spiro atoms. The lowest BCUT2D eigenvalue weighted by molar-refractivity contribution is 0.0940. The second-order valence-electron chi connectivity index (χ2n) is 4.72. The highest BCUT2D eigenvalue weighted by Gasteiger charge is 2.15. The van der Waals surface area contributed by atoms with Crippen LogP contribution in [-0.2, 0) is 0 Å². The second-order valence-corrected chi connectivity index (χ2v) is 5.70. The van der Waals surface area contributed by atoms with E-state index in [-0.39, 0.29) is 18.6 Å². The monoisotopic (exact) mass is 299 g/mol. The molecule has 0 aliphatic carbocycles. The van der Waals surface area contributed by atoms with Crippen molar-refractivity contribution in [2.24, 2.45) is 0 Å². The van der Waals surface area contributed by atoms with Crippen molar-refractivity contribution < 1.29 is 9.90 Å². The molecule has 0 bridgehead atoms. The van der Waals surface area contributed by atoms with E-state index in [9.17, 15) is 4.79 Å². The van der Waals surface area contributed by atoms with Crippen molar-refractivity contribution in [2.75, 3.05) is 6.61 Å². The Hall–Kier alpha value is -2.09. The van der Waals surface area contributed by atoms with Crippen LogP contribution in [0.3, 0.4) is 0 Å². The fourth-order valence-corrected chi connectivity index (χ4v) is 2.71. The molecule has 2 aromatic rings. The summed E-state index contributed by atoms with van der Waals surface area (Å²) in [6.45, 7) is 3.67. The molecule has 21 heavy (non-hydrogen) atoms. The van der Waals surface area contributed by atoms with Crippen LogP contribution in [0, 0.1) is 18.8 Å². The number of thiophene rings is 1. The number of rotatable bonds is 3. The number of hydrogen-bond donors (Lipinski definition) is 2. The third-order valence-electron chi connectivity index (χ3n) is 3.04. The highest BCUT2D eigenvalue weighted by molar-refractivity contribution is 7.10. The third-order valence-corrected chi connectivity index (χ3v) is 4.09. The van der Waals surface area contributed by atoms with Gasteiger partial charge >= 0.3 is 0 Å². The molecule has 1 aromatic carbocycles. The summed E-state index contributed by atoms with van der Waals surface area (Å²) in [7, 11) is 0. The van der Waals surface area contributed by atoms with Gasteiger partial charge < -0.3 is 10.4 Å². The Morgan fingerprint density at radius 1 is 1.43 bits per heavy atom. The van der Waals surface area contributed by atoms with E-state index in [4.69, 9.17) is 5.11 Å². The van der Waals surface area contributed by atoms with Crippen LogP contribution in [0.5, 0.6) is 0 Å². The highest BCUT2D eigenvalue weighted by Crippen LogP contribution is 2.19. The number of aliphatic hydroxyl groups excluding tert-OH is 1. The number of carbonyl (C=O) groups is 1. The molecule has 1 atom stereocenters. The van der Waals surface area contributed by atoms with Gasteiger partial charge in [0.1, 0.15) is 6.61 Å². The van der Waals surface area contributed by atoms with Crippen molar-refractivity contribution in [1.29, 1.82) is 0 Å². The van der Waals surface area contributed by atoms with Crippen LogP contribution in [0.4, 0.5) is 0 Å². The number of carbonyl (C=O) groups excluding carboxylic acids is 1. The molecule has 0 saturated heterocycles. The van der Waals surface area contributed by atoms with Crippen LogP contribution in [-0.4, -0.2) is 17.6 Å². The normalized spacial score (nSPS) is 11.4. The first-order valence-electron chi connectivity index (χ1n) is 6.66. The number of nitrogens with one attached hydrogen (secondary N) is 1. The van der Waals surface area contributed by atoms with Gasteiger partial charge in [0.05, 0.1) is 11.6 Å². The van der Waals surface area contributed by atoms with E-state index in [0.717, 1.165) is 10.4 Å². The maximum atomic E-state index is 12.4. The molecule has 0 saturated carbocycles. The van der Waals surface area contributed by atoms with Crippen molar-refractivity contribution in [3.05, 3.63) is 57.3 Å². The molecule has 0 aliphatic rings. The second kappa shape index (κ2) is 7.07. The summed E-state index contributed by atoms with van der Waals surface area (Å²) < 4.78 is 0. The first kappa shape index (κ1) is 15.3. The van der Waals surface area contributed by atoms with Crippen molar-refractivity contribution in [3.8, 4) is 11.8 Å². The molecule has 1 heterocycles. The Kier molecular flexibility index (Phi) is 5.15. The molecule has 2 rings (SSSR count). The van der Waals surface area contributed by atoms with E-state index in [0.29, 0.717) is 11.1 Å². The van der Waals surface area contributed by atoms with E-state index < -0.39 is 0 Å². The first-order chi connectivity index (χ1) is 10.1. The molecule has 2 N–H and O–H groups in total. The smallest absolute Gasteiger partial charge is 0.253 e.